The fraction of sp³-hybridized carbons (Fsp3) is 0.200. The molecule has 0 saturated carbocycles. The first-order valence-electron chi connectivity index (χ1n) is 8.12. The van der Waals surface area contributed by atoms with Gasteiger partial charge in [-0.25, -0.2) is 9.29 Å². The van der Waals surface area contributed by atoms with Gasteiger partial charge in [0.05, 0.1) is 23.3 Å². The first kappa shape index (κ1) is 18.2. The van der Waals surface area contributed by atoms with Crippen LogP contribution in [-0.4, -0.2) is 24.2 Å². The lowest BCUT2D eigenvalue weighted by atomic mass is 10.1. The zero-order valence-corrected chi connectivity index (χ0v) is 15.5. The number of nitrogens with zero attached hydrogens (tertiary/aromatic N) is 1. The van der Waals surface area contributed by atoms with Crippen LogP contribution in [-0.2, 0) is 9.59 Å². The summed E-state index contributed by atoms with van der Waals surface area (Å²) in [5.74, 6) is -0.979. The summed E-state index contributed by atoms with van der Waals surface area (Å²) < 4.78 is 19.4. The molecule has 26 heavy (non-hydrogen) atoms. The molecule has 6 heteroatoms. The van der Waals surface area contributed by atoms with E-state index in [4.69, 9.17) is 4.74 Å². The van der Waals surface area contributed by atoms with Crippen molar-refractivity contribution in [2.45, 2.75) is 19.1 Å². The number of ether oxygens (including phenoxy) is 1. The lowest BCUT2D eigenvalue weighted by molar-refractivity contribution is -0.119. The molecule has 0 N–H and O–H groups in total. The minimum Gasteiger partial charge on any atom is -0.497 e. The molecule has 0 atom stereocenters. The molecule has 1 heterocycles. The lowest BCUT2D eigenvalue weighted by Crippen LogP contribution is -2.32. The number of halogens is 1. The predicted molar refractivity (Wildman–Crippen MR) is 102 cm³/mol. The van der Waals surface area contributed by atoms with Gasteiger partial charge in [0.15, 0.2) is 0 Å². The largest absolute Gasteiger partial charge is 0.497 e. The topological polar surface area (TPSA) is 46.6 Å². The summed E-state index contributed by atoms with van der Waals surface area (Å²) in [7, 11) is 1.55. The number of methoxy groups -OCH3 is 1. The average Bonchev–Trinajstić information content (AvgIpc) is 2.85. The molecular weight excluding hydrogens is 353 g/mol. The SMILES string of the molecule is COc1ccc(C2=C(SC(C)C)C(=O)N(c3ccccc3F)C2=O)cc1. The van der Waals surface area contributed by atoms with E-state index >= 15 is 0 Å². The third-order valence-electron chi connectivity index (χ3n) is 3.87. The van der Waals surface area contributed by atoms with Crippen LogP contribution in [0.1, 0.15) is 19.4 Å². The molecule has 0 bridgehead atoms. The van der Waals surface area contributed by atoms with Crippen molar-refractivity contribution >= 4 is 34.8 Å². The van der Waals surface area contributed by atoms with Gasteiger partial charge in [0.25, 0.3) is 11.8 Å². The molecule has 134 valence electrons. The molecule has 1 aliphatic heterocycles. The summed E-state index contributed by atoms with van der Waals surface area (Å²) in [6.45, 7) is 3.87. The van der Waals surface area contributed by atoms with Crippen LogP contribution >= 0.6 is 11.8 Å². The smallest absolute Gasteiger partial charge is 0.272 e. The number of benzene rings is 2. The van der Waals surface area contributed by atoms with Gasteiger partial charge < -0.3 is 4.74 Å². The molecule has 1 aliphatic rings. The van der Waals surface area contributed by atoms with Crippen LogP contribution in [0.15, 0.2) is 53.4 Å². The van der Waals surface area contributed by atoms with Gasteiger partial charge in [0, 0.05) is 5.25 Å². The van der Waals surface area contributed by atoms with Crippen molar-refractivity contribution < 1.29 is 18.7 Å². The van der Waals surface area contributed by atoms with Crippen molar-refractivity contribution in [2.24, 2.45) is 0 Å². The lowest BCUT2D eigenvalue weighted by Gasteiger charge is -2.16. The maximum Gasteiger partial charge on any atom is 0.272 e. The molecule has 0 radical (unpaired) electrons. The number of hydrogen-bond donors (Lipinski definition) is 0. The Morgan fingerprint density at radius 1 is 1.00 bits per heavy atom. The standard InChI is InChI=1S/C20H18FNO3S/c1-12(2)26-18-17(13-8-10-14(25-3)11-9-13)19(23)22(20(18)24)16-7-5-4-6-15(16)21/h4-12H,1-3H3. The maximum atomic E-state index is 14.2. The van der Waals surface area contributed by atoms with Crippen LogP contribution in [0.5, 0.6) is 5.75 Å². The Balaban J connectivity index is 2.11. The van der Waals surface area contributed by atoms with Crippen LogP contribution in [0.2, 0.25) is 0 Å². The first-order valence-corrected chi connectivity index (χ1v) is 9.00. The Morgan fingerprint density at radius 2 is 1.65 bits per heavy atom. The van der Waals surface area contributed by atoms with Gasteiger partial charge >= 0.3 is 0 Å². The van der Waals surface area contributed by atoms with Gasteiger partial charge in [-0.15, -0.1) is 11.8 Å². The molecule has 0 unspecified atom stereocenters. The summed E-state index contributed by atoms with van der Waals surface area (Å²) in [5, 5.41) is 0.0931. The highest BCUT2D eigenvalue weighted by atomic mass is 32.2. The molecule has 2 amide bonds. The fourth-order valence-corrected chi connectivity index (χ4v) is 3.71. The highest BCUT2D eigenvalue weighted by Crippen LogP contribution is 2.40. The van der Waals surface area contributed by atoms with Crippen molar-refractivity contribution in [2.75, 3.05) is 12.0 Å². The molecule has 0 saturated heterocycles. The van der Waals surface area contributed by atoms with Gasteiger partial charge in [-0.1, -0.05) is 38.1 Å². The van der Waals surface area contributed by atoms with Crippen LogP contribution < -0.4 is 9.64 Å². The third-order valence-corrected chi connectivity index (χ3v) is 4.95. The number of carbonyl (C=O) groups is 2. The minimum atomic E-state index is -0.612. The molecule has 3 rings (SSSR count). The van der Waals surface area contributed by atoms with Gasteiger partial charge in [-0.05, 0) is 29.8 Å². The average molecular weight is 371 g/mol. The Bertz CT molecular complexity index is 890. The molecule has 2 aromatic carbocycles. The Hall–Kier alpha value is -2.60. The van der Waals surface area contributed by atoms with Crippen molar-refractivity contribution in [3.05, 3.63) is 64.8 Å². The number of carbonyl (C=O) groups excluding carboxylic acids is 2. The van der Waals surface area contributed by atoms with Crippen molar-refractivity contribution in [3.63, 3.8) is 0 Å². The summed E-state index contributed by atoms with van der Waals surface area (Å²) in [6, 6.07) is 12.7. The van der Waals surface area contributed by atoms with Gasteiger partial charge in [-0.3, -0.25) is 9.59 Å². The van der Waals surface area contributed by atoms with Crippen LogP contribution in [0, 0.1) is 5.82 Å². The van der Waals surface area contributed by atoms with E-state index in [0.29, 0.717) is 21.8 Å². The molecule has 0 fully saturated rings. The Morgan fingerprint density at radius 3 is 2.23 bits per heavy atom. The highest BCUT2D eigenvalue weighted by molar-refractivity contribution is 8.04. The van der Waals surface area contributed by atoms with E-state index in [1.54, 1.807) is 37.4 Å². The number of para-hydroxylation sites is 1. The summed E-state index contributed by atoms with van der Waals surface area (Å²) in [4.78, 5) is 27.2. The van der Waals surface area contributed by atoms with Crippen molar-refractivity contribution in [3.8, 4) is 5.75 Å². The van der Waals surface area contributed by atoms with Gasteiger partial charge in [0.1, 0.15) is 11.6 Å². The fourth-order valence-electron chi connectivity index (χ4n) is 2.72. The molecule has 0 spiro atoms. The predicted octanol–water partition coefficient (Wildman–Crippen LogP) is 4.26. The van der Waals surface area contributed by atoms with Crippen molar-refractivity contribution in [1.82, 2.24) is 0 Å². The highest BCUT2D eigenvalue weighted by Gasteiger charge is 2.41. The molecule has 0 aliphatic carbocycles. The molecular formula is C20H18FNO3S. The molecule has 2 aromatic rings. The number of imide groups is 1. The number of amides is 2. The van der Waals surface area contributed by atoms with Crippen LogP contribution in [0.3, 0.4) is 0 Å². The molecule has 4 nitrogen and oxygen atoms in total. The second kappa shape index (κ2) is 7.33. The quantitative estimate of drug-likeness (QED) is 0.737. The molecule has 0 aromatic heterocycles. The van der Waals surface area contributed by atoms with E-state index < -0.39 is 17.6 Å². The van der Waals surface area contributed by atoms with E-state index in [9.17, 15) is 14.0 Å². The van der Waals surface area contributed by atoms with E-state index in [1.807, 2.05) is 13.8 Å². The zero-order chi connectivity index (χ0) is 18.8. The summed E-state index contributed by atoms with van der Waals surface area (Å²) in [6.07, 6.45) is 0. The van der Waals surface area contributed by atoms with Gasteiger partial charge in [0.2, 0.25) is 0 Å². The second-order valence-corrected chi connectivity index (χ2v) is 7.58. The minimum absolute atomic E-state index is 0.0344. The third kappa shape index (κ3) is 3.24. The van der Waals surface area contributed by atoms with Crippen LogP contribution in [0.4, 0.5) is 10.1 Å². The number of rotatable bonds is 5. The Labute approximate surface area is 155 Å². The normalized spacial score (nSPS) is 14.6. The van der Waals surface area contributed by atoms with E-state index in [1.165, 1.54) is 30.0 Å². The Kier molecular flexibility index (Phi) is 5.13. The number of thioether (sulfide) groups is 1. The van der Waals surface area contributed by atoms with E-state index in [0.717, 1.165) is 4.90 Å². The van der Waals surface area contributed by atoms with Gasteiger partial charge in [-0.2, -0.15) is 0 Å². The monoisotopic (exact) mass is 371 g/mol. The van der Waals surface area contributed by atoms with Crippen LogP contribution in [0.25, 0.3) is 5.57 Å². The first-order chi connectivity index (χ1) is 12.4. The van der Waals surface area contributed by atoms with E-state index in [2.05, 4.69) is 0 Å². The maximum absolute atomic E-state index is 14.2. The summed E-state index contributed by atoms with van der Waals surface area (Å²) >= 11 is 1.30. The van der Waals surface area contributed by atoms with Crippen molar-refractivity contribution in [1.29, 1.82) is 0 Å². The zero-order valence-electron chi connectivity index (χ0n) is 14.7. The second-order valence-electron chi connectivity index (χ2n) is 6.00. The number of hydrogen-bond acceptors (Lipinski definition) is 4. The number of anilines is 1. The van der Waals surface area contributed by atoms with E-state index in [-0.39, 0.29) is 10.9 Å². The summed E-state index contributed by atoms with van der Waals surface area (Å²) in [5.41, 5.74) is 0.860.